The number of nitrogens with zero attached hydrogens (tertiary/aromatic N) is 1. The van der Waals surface area contributed by atoms with Crippen molar-refractivity contribution in [3.8, 4) is 0 Å². The molecule has 0 heterocycles. The molecule has 1 N–H and O–H groups in total. The first-order chi connectivity index (χ1) is 7.77. The van der Waals surface area contributed by atoms with Crippen LogP contribution in [-0.2, 0) is 11.3 Å². The highest BCUT2D eigenvalue weighted by Gasteiger charge is 2.10. The Bertz CT molecular complexity index is 316. The summed E-state index contributed by atoms with van der Waals surface area (Å²) < 4.78 is 0. The summed E-state index contributed by atoms with van der Waals surface area (Å²) >= 11 is 0. The summed E-state index contributed by atoms with van der Waals surface area (Å²) in [6, 6.07) is 10.1. The Morgan fingerprint density at radius 1 is 1.29 bits per heavy atom. The number of nitrogens with one attached hydrogen (secondary N) is 1. The van der Waals surface area contributed by atoms with Crippen LogP contribution in [0.5, 0.6) is 0 Å². The highest BCUT2D eigenvalue weighted by atomic mass is 35.5. The van der Waals surface area contributed by atoms with Gasteiger partial charge in [-0.05, 0) is 19.5 Å². The number of carbonyl (C=O) groups excluding carboxylic acids is 1. The van der Waals surface area contributed by atoms with Crippen molar-refractivity contribution >= 4 is 18.3 Å². The van der Waals surface area contributed by atoms with Gasteiger partial charge in [0, 0.05) is 26.1 Å². The molecule has 0 aliphatic rings. The maximum absolute atomic E-state index is 11.8. The summed E-state index contributed by atoms with van der Waals surface area (Å²) in [5.74, 6) is 0.209. The van der Waals surface area contributed by atoms with Crippen molar-refractivity contribution in [3.63, 3.8) is 0 Å². The van der Waals surface area contributed by atoms with E-state index in [1.54, 1.807) is 0 Å². The molecule has 0 aromatic heterocycles. The maximum Gasteiger partial charge on any atom is 0.224 e. The maximum atomic E-state index is 11.8. The largest absolute Gasteiger partial charge is 0.339 e. The molecule has 0 aliphatic carbocycles. The smallest absolute Gasteiger partial charge is 0.224 e. The predicted octanol–water partition coefficient (Wildman–Crippen LogP) is 2.07. The van der Waals surface area contributed by atoms with Crippen LogP contribution in [0, 0.1) is 0 Å². The van der Waals surface area contributed by atoms with Crippen molar-refractivity contribution in [3.05, 3.63) is 35.9 Å². The van der Waals surface area contributed by atoms with Crippen molar-refractivity contribution in [2.45, 2.75) is 19.9 Å². The van der Waals surface area contributed by atoms with Gasteiger partial charge in [-0.15, -0.1) is 12.4 Å². The fourth-order valence-electron chi connectivity index (χ4n) is 1.57. The van der Waals surface area contributed by atoms with Crippen molar-refractivity contribution in [1.82, 2.24) is 10.2 Å². The number of rotatable bonds is 6. The molecule has 0 radical (unpaired) electrons. The first kappa shape index (κ1) is 15.9. The Kier molecular flexibility index (Phi) is 8.46. The van der Waals surface area contributed by atoms with Crippen LogP contribution in [0.3, 0.4) is 0 Å². The van der Waals surface area contributed by atoms with E-state index in [1.807, 2.05) is 49.2 Å². The lowest BCUT2D eigenvalue weighted by Gasteiger charge is -2.21. The third-order valence-corrected chi connectivity index (χ3v) is 2.54. The van der Waals surface area contributed by atoms with Gasteiger partial charge in [0.1, 0.15) is 0 Å². The predicted molar refractivity (Wildman–Crippen MR) is 73.3 cm³/mol. The van der Waals surface area contributed by atoms with E-state index >= 15 is 0 Å². The van der Waals surface area contributed by atoms with E-state index in [2.05, 4.69) is 5.32 Å². The second-order valence-corrected chi connectivity index (χ2v) is 3.75. The molecule has 0 unspecified atom stereocenters. The van der Waals surface area contributed by atoms with Gasteiger partial charge < -0.3 is 10.2 Å². The third kappa shape index (κ3) is 5.71. The molecule has 0 spiro atoms. The Labute approximate surface area is 110 Å². The fourth-order valence-corrected chi connectivity index (χ4v) is 1.57. The van der Waals surface area contributed by atoms with Gasteiger partial charge in [0.15, 0.2) is 0 Å². The molecule has 1 aromatic rings. The van der Waals surface area contributed by atoms with Gasteiger partial charge in [0.25, 0.3) is 0 Å². The van der Waals surface area contributed by atoms with Crippen LogP contribution in [-0.4, -0.2) is 30.9 Å². The van der Waals surface area contributed by atoms with Crippen LogP contribution in [0.4, 0.5) is 0 Å². The van der Waals surface area contributed by atoms with E-state index in [1.165, 1.54) is 5.56 Å². The molecular formula is C13H21ClN2O. The van der Waals surface area contributed by atoms with E-state index < -0.39 is 0 Å². The van der Waals surface area contributed by atoms with Crippen LogP contribution in [0.1, 0.15) is 18.9 Å². The molecule has 96 valence electrons. The second kappa shape index (κ2) is 9.02. The van der Waals surface area contributed by atoms with E-state index in [9.17, 15) is 4.79 Å². The van der Waals surface area contributed by atoms with E-state index in [0.29, 0.717) is 13.0 Å². The topological polar surface area (TPSA) is 32.3 Å². The lowest BCUT2D eigenvalue weighted by molar-refractivity contribution is -0.131. The first-order valence-corrected chi connectivity index (χ1v) is 5.74. The zero-order valence-electron chi connectivity index (χ0n) is 10.5. The quantitative estimate of drug-likeness (QED) is 0.845. The molecule has 0 fully saturated rings. The second-order valence-electron chi connectivity index (χ2n) is 3.75. The van der Waals surface area contributed by atoms with Crippen molar-refractivity contribution in [2.24, 2.45) is 0 Å². The third-order valence-electron chi connectivity index (χ3n) is 2.54. The summed E-state index contributed by atoms with van der Waals surface area (Å²) in [5, 5.41) is 2.99. The molecule has 1 amide bonds. The number of amides is 1. The molecule has 0 atom stereocenters. The number of benzene rings is 1. The molecule has 0 saturated heterocycles. The minimum Gasteiger partial charge on any atom is -0.339 e. The van der Waals surface area contributed by atoms with Gasteiger partial charge >= 0.3 is 0 Å². The first-order valence-electron chi connectivity index (χ1n) is 5.74. The van der Waals surface area contributed by atoms with Crippen LogP contribution in [0.25, 0.3) is 0 Å². The highest BCUT2D eigenvalue weighted by Crippen LogP contribution is 2.05. The monoisotopic (exact) mass is 256 g/mol. The summed E-state index contributed by atoms with van der Waals surface area (Å²) in [4.78, 5) is 13.7. The molecular weight excluding hydrogens is 236 g/mol. The lowest BCUT2D eigenvalue weighted by Crippen LogP contribution is -2.32. The molecule has 0 bridgehead atoms. The van der Waals surface area contributed by atoms with Crippen molar-refractivity contribution in [2.75, 3.05) is 20.1 Å². The number of carbonyl (C=O) groups is 1. The van der Waals surface area contributed by atoms with Gasteiger partial charge in [-0.1, -0.05) is 30.3 Å². The van der Waals surface area contributed by atoms with Crippen molar-refractivity contribution in [1.29, 1.82) is 0 Å². The molecule has 1 rings (SSSR count). The minimum absolute atomic E-state index is 0. The number of halogens is 1. The van der Waals surface area contributed by atoms with Gasteiger partial charge in [-0.2, -0.15) is 0 Å². The van der Waals surface area contributed by atoms with E-state index in [4.69, 9.17) is 0 Å². The van der Waals surface area contributed by atoms with Gasteiger partial charge in [0.05, 0.1) is 0 Å². The van der Waals surface area contributed by atoms with Gasteiger partial charge in [-0.25, -0.2) is 0 Å². The van der Waals surface area contributed by atoms with E-state index in [0.717, 1.165) is 13.1 Å². The Hall–Kier alpha value is -1.06. The number of hydrogen-bond donors (Lipinski definition) is 1. The molecule has 1 aromatic carbocycles. The average molecular weight is 257 g/mol. The molecule has 0 saturated carbocycles. The zero-order valence-corrected chi connectivity index (χ0v) is 11.3. The Morgan fingerprint density at radius 2 is 1.94 bits per heavy atom. The van der Waals surface area contributed by atoms with Crippen LogP contribution in [0.15, 0.2) is 30.3 Å². The molecule has 3 nitrogen and oxygen atoms in total. The standard InChI is InChI=1S/C13H20N2O.ClH/c1-3-15(13(16)9-10-14-2)11-12-7-5-4-6-8-12;/h4-8,14H,3,9-11H2,1-2H3;1H. The number of hydrogen-bond acceptors (Lipinski definition) is 2. The Morgan fingerprint density at radius 3 is 2.47 bits per heavy atom. The Balaban J connectivity index is 0.00000256. The normalized spacial score (nSPS) is 9.53. The summed E-state index contributed by atoms with van der Waals surface area (Å²) in [7, 11) is 1.86. The van der Waals surface area contributed by atoms with E-state index in [-0.39, 0.29) is 18.3 Å². The van der Waals surface area contributed by atoms with Crippen molar-refractivity contribution < 1.29 is 4.79 Å². The summed E-state index contributed by atoms with van der Waals surface area (Å²) in [6.07, 6.45) is 0.567. The lowest BCUT2D eigenvalue weighted by atomic mass is 10.2. The molecule has 17 heavy (non-hydrogen) atoms. The van der Waals surface area contributed by atoms with Gasteiger partial charge in [-0.3, -0.25) is 4.79 Å². The zero-order chi connectivity index (χ0) is 11.8. The van der Waals surface area contributed by atoms with Crippen LogP contribution in [0.2, 0.25) is 0 Å². The summed E-state index contributed by atoms with van der Waals surface area (Å²) in [5.41, 5.74) is 1.18. The fraction of sp³-hybridized carbons (Fsp3) is 0.462. The molecule has 0 aliphatic heterocycles. The molecule has 4 heteroatoms. The van der Waals surface area contributed by atoms with Gasteiger partial charge in [0.2, 0.25) is 5.91 Å². The van der Waals surface area contributed by atoms with Crippen LogP contribution < -0.4 is 5.32 Å². The SMILES string of the molecule is CCN(Cc1ccccc1)C(=O)CCNC.Cl. The minimum atomic E-state index is 0. The van der Waals surface area contributed by atoms with Crippen LogP contribution >= 0.6 is 12.4 Å². The summed E-state index contributed by atoms with van der Waals surface area (Å²) in [6.45, 7) is 4.22. The average Bonchev–Trinajstić information content (AvgIpc) is 2.34. The highest BCUT2D eigenvalue weighted by molar-refractivity contribution is 5.85.